The number of fused-ring (bicyclic) bond motifs is 3. The van der Waals surface area contributed by atoms with Crippen molar-refractivity contribution in [3.8, 4) is 0 Å². The van der Waals surface area contributed by atoms with E-state index in [1.165, 1.54) is 12.1 Å². The summed E-state index contributed by atoms with van der Waals surface area (Å²) in [6, 6.07) is 15.2. The molecule has 0 atom stereocenters. The molecule has 0 bridgehead atoms. The van der Waals surface area contributed by atoms with Crippen molar-refractivity contribution in [2.75, 3.05) is 0 Å². The van der Waals surface area contributed by atoms with Crippen molar-refractivity contribution in [3.05, 3.63) is 82.9 Å². The van der Waals surface area contributed by atoms with Crippen LogP contribution in [0.2, 0.25) is 0 Å². The van der Waals surface area contributed by atoms with Crippen LogP contribution in [0.25, 0.3) is 21.9 Å². The van der Waals surface area contributed by atoms with Crippen LogP contribution in [0.1, 0.15) is 21.5 Å². The molecule has 0 fully saturated rings. The zero-order valence-electron chi connectivity index (χ0n) is 13.9. The van der Waals surface area contributed by atoms with Crippen LogP contribution in [0.15, 0.2) is 59.0 Å². The Bertz CT molecular complexity index is 1130. The van der Waals surface area contributed by atoms with E-state index in [0.29, 0.717) is 16.3 Å². The third-order valence-corrected chi connectivity index (χ3v) is 4.31. The highest BCUT2D eigenvalue weighted by atomic mass is 19.1. The summed E-state index contributed by atoms with van der Waals surface area (Å²) in [6.45, 7) is 1.63. The maximum atomic E-state index is 14.8. The van der Waals surface area contributed by atoms with Gasteiger partial charge in [0, 0.05) is 10.8 Å². The first-order chi connectivity index (χ1) is 12.6. The van der Waals surface area contributed by atoms with Gasteiger partial charge in [-0.05, 0) is 30.2 Å². The standard InChI is InChI=1S/C21H14F2O3/c1-12-7-8-14-15-9-10-16(18(23)20(15)26-19(14)17(12)22)21(24)25-11-13-5-3-2-4-6-13/h2-10H,11H2,1H3. The van der Waals surface area contributed by atoms with Gasteiger partial charge >= 0.3 is 5.97 Å². The molecule has 3 aromatic carbocycles. The Kier molecular flexibility index (Phi) is 3.92. The smallest absolute Gasteiger partial charge is 0.341 e. The number of hydrogen-bond acceptors (Lipinski definition) is 3. The van der Waals surface area contributed by atoms with Crippen molar-refractivity contribution in [1.29, 1.82) is 0 Å². The van der Waals surface area contributed by atoms with Gasteiger partial charge in [0.05, 0.1) is 5.56 Å². The van der Waals surface area contributed by atoms with Crippen LogP contribution in [0.5, 0.6) is 0 Å². The molecule has 4 rings (SSSR count). The van der Waals surface area contributed by atoms with E-state index < -0.39 is 17.6 Å². The molecule has 130 valence electrons. The quantitative estimate of drug-likeness (QED) is 0.455. The summed E-state index contributed by atoms with van der Waals surface area (Å²) in [5.41, 5.74) is 0.778. The van der Waals surface area contributed by atoms with Crippen LogP contribution >= 0.6 is 0 Å². The van der Waals surface area contributed by atoms with Gasteiger partial charge in [-0.2, -0.15) is 0 Å². The first kappa shape index (κ1) is 16.3. The number of carbonyl (C=O) groups is 1. The highest BCUT2D eigenvalue weighted by Gasteiger charge is 2.21. The largest absolute Gasteiger partial charge is 0.457 e. The van der Waals surface area contributed by atoms with Crippen LogP contribution in [0, 0.1) is 18.6 Å². The topological polar surface area (TPSA) is 39.4 Å². The van der Waals surface area contributed by atoms with Gasteiger partial charge in [-0.1, -0.05) is 42.5 Å². The maximum Gasteiger partial charge on any atom is 0.341 e. The van der Waals surface area contributed by atoms with Crippen LogP contribution in [0.3, 0.4) is 0 Å². The average molecular weight is 352 g/mol. The van der Waals surface area contributed by atoms with Crippen LogP contribution in [-0.4, -0.2) is 5.97 Å². The zero-order valence-corrected chi connectivity index (χ0v) is 13.9. The number of carbonyl (C=O) groups excluding carboxylic acids is 1. The van der Waals surface area contributed by atoms with Gasteiger partial charge in [0.15, 0.2) is 22.8 Å². The van der Waals surface area contributed by atoms with E-state index >= 15 is 0 Å². The minimum absolute atomic E-state index is 0.0197. The molecule has 0 radical (unpaired) electrons. The van der Waals surface area contributed by atoms with E-state index in [2.05, 4.69) is 0 Å². The fourth-order valence-electron chi connectivity index (χ4n) is 2.89. The van der Waals surface area contributed by atoms with E-state index in [1.807, 2.05) is 18.2 Å². The second kappa shape index (κ2) is 6.26. The first-order valence-electron chi connectivity index (χ1n) is 8.07. The molecule has 0 amide bonds. The molecule has 1 aromatic heterocycles. The van der Waals surface area contributed by atoms with Crippen molar-refractivity contribution in [1.82, 2.24) is 0 Å². The number of esters is 1. The van der Waals surface area contributed by atoms with Crippen molar-refractivity contribution in [3.63, 3.8) is 0 Å². The lowest BCUT2D eigenvalue weighted by molar-refractivity contribution is 0.0467. The van der Waals surface area contributed by atoms with Gasteiger partial charge in [0.25, 0.3) is 0 Å². The Labute approximate surface area is 147 Å². The highest BCUT2D eigenvalue weighted by Crippen LogP contribution is 2.34. The molecule has 0 saturated carbocycles. The number of hydrogen-bond donors (Lipinski definition) is 0. The molecule has 0 aliphatic carbocycles. The van der Waals surface area contributed by atoms with Gasteiger partial charge in [-0.3, -0.25) is 0 Å². The molecule has 0 unspecified atom stereocenters. The lowest BCUT2D eigenvalue weighted by Gasteiger charge is -2.06. The zero-order chi connectivity index (χ0) is 18.3. The predicted molar refractivity (Wildman–Crippen MR) is 93.9 cm³/mol. The molecule has 0 saturated heterocycles. The molecule has 5 heteroatoms. The van der Waals surface area contributed by atoms with Crippen molar-refractivity contribution in [2.45, 2.75) is 13.5 Å². The molecule has 0 N–H and O–H groups in total. The Hall–Kier alpha value is -3.21. The number of furan rings is 1. The molecule has 0 aliphatic heterocycles. The summed E-state index contributed by atoms with van der Waals surface area (Å²) in [4.78, 5) is 12.2. The van der Waals surface area contributed by atoms with E-state index in [9.17, 15) is 13.6 Å². The van der Waals surface area contributed by atoms with Gasteiger partial charge in [-0.25, -0.2) is 13.6 Å². The van der Waals surface area contributed by atoms with E-state index in [4.69, 9.17) is 9.15 Å². The van der Waals surface area contributed by atoms with Gasteiger partial charge in [0.2, 0.25) is 0 Å². The summed E-state index contributed by atoms with van der Waals surface area (Å²) < 4.78 is 39.6. The Morgan fingerprint density at radius 2 is 1.58 bits per heavy atom. The van der Waals surface area contributed by atoms with Crippen LogP contribution < -0.4 is 0 Å². The molecule has 26 heavy (non-hydrogen) atoms. The van der Waals surface area contributed by atoms with Crippen LogP contribution in [-0.2, 0) is 11.3 Å². The number of halogens is 2. The minimum Gasteiger partial charge on any atom is -0.457 e. The summed E-state index contributed by atoms with van der Waals surface area (Å²) in [5.74, 6) is -2.19. The average Bonchev–Trinajstić information content (AvgIpc) is 3.04. The van der Waals surface area contributed by atoms with Gasteiger partial charge in [-0.15, -0.1) is 0 Å². The number of rotatable bonds is 3. The number of aryl methyl sites for hydroxylation is 1. The summed E-state index contributed by atoms with van der Waals surface area (Å²) in [7, 11) is 0. The molecule has 1 heterocycles. The summed E-state index contributed by atoms with van der Waals surface area (Å²) in [6.07, 6.45) is 0. The van der Waals surface area contributed by atoms with Crippen molar-refractivity contribution >= 4 is 27.9 Å². The van der Waals surface area contributed by atoms with Crippen molar-refractivity contribution in [2.24, 2.45) is 0 Å². The maximum absolute atomic E-state index is 14.8. The molecular formula is C21H14F2O3. The van der Waals surface area contributed by atoms with E-state index in [0.717, 1.165) is 5.56 Å². The Balaban J connectivity index is 1.72. The second-order valence-electron chi connectivity index (χ2n) is 6.04. The lowest BCUT2D eigenvalue weighted by Crippen LogP contribution is -2.07. The predicted octanol–water partition coefficient (Wildman–Crippen LogP) is 5.53. The lowest BCUT2D eigenvalue weighted by atomic mass is 10.1. The third-order valence-electron chi connectivity index (χ3n) is 4.31. The summed E-state index contributed by atoms with van der Waals surface area (Å²) in [5, 5.41) is 0.877. The third kappa shape index (κ3) is 2.62. The monoisotopic (exact) mass is 352 g/mol. The van der Waals surface area contributed by atoms with Gasteiger partial charge < -0.3 is 9.15 Å². The van der Waals surface area contributed by atoms with E-state index in [1.54, 1.807) is 31.2 Å². The molecule has 0 aliphatic rings. The normalized spacial score (nSPS) is 11.2. The Morgan fingerprint density at radius 1 is 0.923 bits per heavy atom. The Morgan fingerprint density at radius 3 is 2.31 bits per heavy atom. The van der Waals surface area contributed by atoms with E-state index in [-0.39, 0.29) is 23.3 Å². The van der Waals surface area contributed by atoms with Crippen molar-refractivity contribution < 1.29 is 22.7 Å². The molecule has 4 aromatic rings. The minimum atomic E-state index is -0.853. The number of benzene rings is 3. The SMILES string of the molecule is Cc1ccc2c(oc3c(F)c(C(=O)OCc4ccccc4)ccc32)c1F. The number of ether oxygens (including phenoxy) is 1. The summed E-state index contributed by atoms with van der Waals surface area (Å²) >= 11 is 0. The fourth-order valence-corrected chi connectivity index (χ4v) is 2.89. The molecular weight excluding hydrogens is 338 g/mol. The second-order valence-corrected chi connectivity index (χ2v) is 6.04. The molecule has 3 nitrogen and oxygen atoms in total. The first-order valence-corrected chi connectivity index (χ1v) is 8.07. The fraction of sp³-hybridized carbons (Fsp3) is 0.0952. The van der Waals surface area contributed by atoms with Crippen LogP contribution in [0.4, 0.5) is 8.78 Å². The highest BCUT2D eigenvalue weighted by molar-refractivity contribution is 6.07. The van der Waals surface area contributed by atoms with Gasteiger partial charge in [0.1, 0.15) is 6.61 Å². The molecule has 0 spiro atoms.